The lowest BCUT2D eigenvalue weighted by Gasteiger charge is -2.19. The average molecular weight is 345 g/mol. The molecule has 0 aromatic heterocycles. The predicted molar refractivity (Wildman–Crippen MR) is 91.9 cm³/mol. The molecule has 1 saturated heterocycles. The maximum atomic E-state index is 13.1. The molecule has 0 radical (unpaired) electrons. The van der Waals surface area contributed by atoms with Crippen molar-refractivity contribution in [2.45, 2.75) is 6.04 Å². The maximum Gasteiger partial charge on any atom is 0.230 e. The summed E-state index contributed by atoms with van der Waals surface area (Å²) in [6.07, 6.45) is 0. The summed E-state index contributed by atoms with van der Waals surface area (Å²) in [5.41, 5.74) is 7.50. The minimum Gasteiger partial charge on any atom is -0.497 e. The quantitative estimate of drug-likeness (QED) is 0.775. The third kappa shape index (κ3) is 3.89. The summed E-state index contributed by atoms with van der Waals surface area (Å²) in [5, 5.41) is 2.89. The number of benzene rings is 2. The standard InChI is InChI=1S/C18H20FN3O3/c1-24-14-7-13(8-15(9-14)25-2)21-18(23)16-10-20-22-17(16)11-3-5-12(19)6-4-11/h3-9,16-17,20,22H,10H2,1-2H3,(H,21,23). The van der Waals surface area contributed by atoms with Gasteiger partial charge in [0.05, 0.1) is 26.2 Å². The number of carbonyl (C=O) groups is 1. The van der Waals surface area contributed by atoms with Crippen LogP contribution in [0.5, 0.6) is 11.5 Å². The molecule has 132 valence electrons. The van der Waals surface area contributed by atoms with Gasteiger partial charge in [0.15, 0.2) is 0 Å². The fraction of sp³-hybridized carbons (Fsp3) is 0.278. The van der Waals surface area contributed by atoms with Crippen molar-refractivity contribution in [2.75, 3.05) is 26.1 Å². The van der Waals surface area contributed by atoms with Crippen molar-refractivity contribution in [2.24, 2.45) is 5.92 Å². The van der Waals surface area contributed by atoms with E-state index in [1.165, 1.54) is 12.1 Å². The predicted octanol–water partition coefficient (Wildman–Crippen LogP) is 2.25. The smallest absolute Gasteiger partial charge is 0.230 e. The Morgan fingerprint density at radius 3 is 2.36 bits per heavy atom. The van der Waals surface area contributed by atoms with Crippen LogP contribution in [0.25, 0.3) is 0 Å². The van der Waals surface area contributed by atoms with Crippen molar-refractivity contribution >= 4 is 11.6 Å². The Bertz CT molecular complexity index is 729. The summed E-state index contributed by atoms with van der Waals surface area (Å²) in [6, 6.07) is 11.1. The van der Waals surface area contributed by atoms with E-state index < -0.39 is 0 Å². The molecule has 3 N–H and O–H groups in total. The number of hydrazine groups is 1. The van der Waals surface area contributed by atoms with Gasteiger partial charge in [-0.2, -0.15) is 0 Å². The monoisotopic (exact) mass is 345 g/mol. The Morgan fingerprint density at radius 2 is 1.76 bits per heavy atom. The first-order valence-corrected chi connectivity index (χ1v) is 7.88. The molecule has 0 bridgehead atoms. The van der Waals surface area contributed by atoms with Crippen molar-refractivity contribution in [1.29, 1.82) is 0 Å². The van der Waals surface area contributed by atoms with E-state index in [-0.39, 0.29) is 23.7 Å². The molecule has 0 saturated carbocycles. The molecule has 25 heavy (non-hydrogen) atoms. The molecular formula is C18H20FN3O3. The Kier molecular flexibility index (Phi) is 5.16. The molecule has 2 aromatic carbocycles. The van der Waals surface area contributed by atoms with Crippen LogP contribution in [0.3, 0.4) is 0 Å². The van der Waals surface area contributed by atoms with Crippen molar-refractivity contribution < 1.29 is 18.7 Å². The zero-order chi connectivity index (χ0) is 17.8. The van der Waals surface area contributed by atoms with Crippen molar-refractivity contribution in [1.82, 2.24) is 10.9 Å². The van der Waals surface area contributed by atoms with Crippen LogP contribution in [0.4, 0.5) is 10.1 Å². The molecule has 7 heteroatoms. The molecule has 2 unspecified atom stereocenters. The highest BCUT2D eigenvalue weighted by atomic mass is 19.1. The third-order valence-electron chi connectivity index (χ3n) is 4.17. The van der Waals surface area contributed by atoms with Gasteiger partial charge in [0.1, 0.15) is 17.3 Å². The number of methoxy groups -OCH3 is 2. The molecular weight excluding hydrogens is 325 g/mol. The van der Waals surface area contributed by atoms with Gasteiger partial charge in [-0.3, -0.25) is 10.2 Å². The highest BCUT2D eigenvalue weighted by Gasteiger charge is 2.34. The van der Waals surface area contributed by atoms with Gasteiger partial charge in [0.25, 0.3) is 0 Å². The number of amides is 1. The molecule has 2 aromatic rings. The largest absolute Gasteiger partial charge is 0.497 e. The van der Waals surface area contributed by atoms with E-state index in [4.69, 9.17) is 9.47 Å². The van der Waals surface area contributed by atoms with Gasteiger partial charge in [-0.25, -0.2) is 9.82 Å². The van der Waals surface area contributed by atoms with E-state index in [0.717, 1.165) is 5.56 Å². The van der Waals surface area contributed by atoms with Gasteiger partial charge in [0.2, 0.25) is 5.91 Å². The second-order valence-electron chi connectivity index (χ2n) is 5.75. The van der Waals surface area contributed by atoms with Crippen LogP contribution in [0.15, 0.2) is 42.5 Å². The molecule has 0 spiro atoms. The lowest BCUT2D eigenvalue weighted by Crippen LogP contribution is -2.29. The summed E-state index contributed by atoms with van der Waals surface area (Å²) in [6.45, 7) is 0.467. The molecule has 1 fully saturated rings. The van der Waals surface area contributed by atoms with E-state index in [0.29, 0.717) is 23.7 Å². The van der Waals surface area contributed by atoms with Gasteiger partial charge in [-0.1, -0.05) is 12.1 Å². The molecule has 1 aliphatic heterocycles. The van der Waals surface area contributed by atoms with Crippen LogP contribution in [0, 0.1) is 11.7 Å². The number of anilines is 1. The summed E-state index contributed by atoms with van der Waals surface area (Å²) in [5.74, 6) is 0.379. The Balaban J connectivity index is 1.77. The Labute approximate surface area is 145 Å². The number of hydrogen-bond donors (Lipinski definition) is 3. The van der Waals surface area contributed by atoms with Crippen LogP contribution in [-0.2, 0) is 4.79 Å². The van der Waals surface area contributed by atoms with Gasteiger partial charge in [-0.05, 0) is 17.7 Å². The maximum absolute atomic E-state index is 13.1. The first-order chi connectivity index (χ1) is 12.1. The zero-order valence-corrected chi connectivity index (χ0v) is 14.0. The number of nitrogens with one attached hydrogen (secondary N) is 3. The van der Waals surface area contributed by atoms with Gasteiger partial charge in [-0.15, -0.1) is 0 Å². The number of carbonyl (C=O) groups excluding carboxylic acids is 1. The molecule has 1 amide bonds. The fourth-order valence-corrected chi connectivity index (χ4v) is 2.84. The fourth-order valence-electron chi connectivity index (χ4n) is 2.84. The molecule has 6 nitrogen and oxygen atoms in total. The van der Waals surface area contributed by atoms with Crippen LogP contribution in [0.1, 0.15) is 11.6 Å². The normalized spacial score (nSPS) is 19.5. The van der Waals surface area contributed by atoms with Crippen LogP contribution < -0.4 is 25.6 Å². The molecule has 1 heterocycles. The lowest BCUT2D eigenvalue weighted by atomic mass is 9.94. The summed E-state index contributed by atoms with van der Waals surface area (Å²) >= 11 is 0. The summed E-state index contributed by atoms with van der Waals surface area (Å²) in [4.78, 5) is 12.7. The highest BCUT2D eigenvalue weighted by Crippen LogP contribution is 2.29. The number of hydrogen-bond acceptors (Lipinski definition) is 5. The minimum absolute atomic E-state index is 0.151. The molecule has 1 aliphatic rings. The second kappa shape index (κ2) is 7.50. The van der Waals surface area contributed by atoms with Gasteiger partial charge >= 0.3 is 0 Å². The first kappa shape index (κ1) is 17.2. The van der Waals surface area contributed by atoms with Gasteiger partial charge < -0.3 is 14.8 Å². The van der Waals surface area contributed by atoms with E-state index in [9.17, 15) is 9.18 Å². The number of rotatable bonds is 5. The Morgan fingerprint density at radius 1 is 1.12 bits per heavy atom. The van der Waals surface area contributed by atoms with Crippen LogP contribution in [-0.4, -0.2) is 26.7 Å². The number of halogens is 1. The van der Waals surface area contributed by atoms with Crippen molar-refractivity contribution in [3.63, 3.8) is 0 Å². The SMILES string of the molecule is COc1cc(NC(=O)C2CNNC2c2ccc(F)cc2)cc(OC)c1. The third-order valence-corrected chi connectivity index (χ3v) is 4.17. The molecule has 0 aliphatic carbocycles. The van der Waals surface area contributed by atoms with E-state index in [1.54, 1.807) is 44.6 Å². The Hall–Kier alpha value is -2.64. The van der Waals surface area contributed by atoms with Crippen LogP contribution in [0.2, 0.25) is 0 Å². The second-order valence-corrected chi connectivity index (χ2v) is 5.75. The topological polar surface area (TPSA) is 71.6 Å². The van der Waals surface area contributed by atoms with Crippen LogP contribution >= 0.6 is 0 Å². The van der Waals surface area contributed by atoms with E-state index >= 15 is 0 Å². The first-order valence-electron chi connectivity index (χ1n) is 7.88. The minimum atomic E-state index is -0.345. The van der Waals surface area contributed by atoms with Crippen molar-refractivity contribution in [3.8, 4) is 11.5 Å². The average Bonchev–Trinajstić information content (AvgIpc) is 3.11. The molecule has 2 atom stereocenters. The summed E-state index contributed by atoms with van der Waals surface area (Å²) < 4.78 is 23.5. The summed E-state index contributed by atoms with van der Waals surface area (Å²) in [7, 11) is 3.10. The molecule has 3 rings (SSSR count). The van der Waals surface area contributed by atoms with Crippen molar-refractivity contribution in [3.05, 3.63) is 53.8 Å². The van der Waals surface area contributed by atoms with Gasteiger partial charge in [0, 0.05) is 30.4 Å². The highest BCUT2D eigenvalue weighted by molar-refractivity contribution is 5.94. The lowest BCUT2D eigenvalue weighted by molar-refractivity contribution is -0.119. The number of ether oxygens (including phenoxy) is 2. The van der Waals surface area contributed by atoms with E-state index in [1.807, 2.05) is 0 Å². The zero-order valence-electron chi connectivity index (χ0n) is 14.0. The van der Waals surface area contributed by atoms with E-state index in [2.05, 4.69) is 16.2 Å².